The van der Waals surface area contributed by atoms with Gasteiger partial charge in [-0.3, -0.25) is 4.79 Å². The summed E-state index contributed by atoms with van der Waals surface area (Å²) in [5.74, 6) is 2.04. The van der Waals surface area contributed by atoms with Crippen LogP contribution >= 0.6 is 0 Å². The standard InChI is InChI=1S/C20H38O2/c1-3-4-5-6-7-8-11-14-18-17-19(18)15-12-9-10-13-16-20(21)22-2/h18-19H,3-17H2,1-2H3. The first-order chi connectivity index (χ1) is 10.8. The van der Waals surface area contributed by atoms with Crippen molar-refractivity contribution in [2.75, 3.05) is 7.11 Å². The number of hydrogen-bond donors (Lipinski definition) is 0. The molecule has 0 aromatic heterocycles. The molecule has 2 nitrogen and oxygen atoms in total. The van der Waals surface area contributed by atoms with Crippen LogP contribution < -0.4 is 0 Å². The van der Waals surface area contributed by atoms with Crippen molar-refractivity contribution in [3.63, 3.8) is 0 Å². The highest BCUT2D eigenvalue weighted by molar-refractivity contribution is 5.68. The van der Waals surface area contributed by atoms with Gasteiger partial charge >= 0.3 is 5.97 Å². The summed E-state index contributed by atoms with van der Waals surface area (Å²) >= 11 is 0. The fraction of sp³-hybridized carbons (Fsp3) is 0.950. The molecule has 0 spiro atoms. The van der Waals surface area contributed by atoms with Crippen molar-refractivity contribution >= 4 is 5.97 Å². The molecule has 0 radical (unpaired) electrons. The molecule has 0 N–H and O–H groups in total. The Balaban J connectivity index is 1.78. The molecular formula is C20H38O2. The third-order valence-corrected chi connectivity index (χ3v) is 5.18. The number of carbonyl (C=O) groups excluding carboxylic acids is 1. The minimum Gasteiger partial charge on any atom is -0.469 e. The Morgan fingerprint density at radius 1 is 0.818 bits per heavy atom. The lowest BCUT2D eigenvalue weighted by Gasteiger charge is -2.03. The Kier molecular flexibility index (Phi) is 11.5. The number of unbranched alkanes of at least 4 members (excludes halogenated alkanes) is 9. The van der Waals surface area contributed by atoms with Crippen molar-refractivity contribution in [1.29, 1.82) is 0 Å². The Labute approximate surface area is 138 Å². The zero-order valence-corrected chi connectivity index (χ0v) is 15.1. The van der Waals surface area contributed by atoms with Gasteiger partial charge in [0.25, 0.3) is 0 Å². The van der Waals surface area contributed by atoms with Crippen molar-refractivity contribution in [1.82, 2.24) is 0 Å². The first-order valence-corrected chi connectivity index (χ1v) is 9.84. The lowest BCUT2D eigenvalue weighted by molar-refractivity contribution is -0.140. The Morgan fingerprint density at radius 2 is 1.32 bits per heavy atom. The second kappa shape index (κ2) is 13.0. The van der Waals surface area contributed by atoms with E-state index < -0.39 is 0 Å². The minimum atomic E-state index is -0.0584. The van der Waals surface area contributed by atoms with Gasteiger partial charge < -0.3 is 4.74 Å². The highest BCUT2D eigenvalue weighted by Gasteiger charge is 2.34. The fourth-order valence-corrected chi connectivity index (χ4v) is 3.51. The van der Waals surface area contributed by atoms with Gasteiger partial charge in [0.15, 0.2) is 0 Å². The first-order valence-electron chi connectivity index (χ1n) is 9.84. The Bertz CT molecular complexity index is 275. The van der Waals surface area contributed by atoms with Crippen LogP contribution in [0.3, 0.4) is 0 Å². The minimum absolute atomic E-state index is 0.0584. The van der Waals surface area contributed by atoms with Crippen LogP contribution in [0.25, 0.3) is 0 Å². The fourth-order valence-electron chi connectivity index (χ4n) is 3.51. The van der Waals surface area contributed by atoms with Gasteiger partial charge in [-0.25, -0.2) is 0 Å². The van der Waals surface area contributed by atoms with Gasteiger partial charge in [-0.05, 0) is 24.7 Å². The molecule has 1 saturated carbocycles. The predicted molar refractivity (Wildman–Crippen MR) is 93.9 cm³/mol. The highest BCUT2D eigenvalue weighted by Crippen LogP contribution is 2.45. The summed E-state index contributed by atoms with van der Waals surface area (Å²) in [6.07, 6.45) is 19.9. The van der Waals surface area contributed by atoms with Crippen molar-refractivity contribution in [3.05, 3.63) is 0 Å². The number of esters is 1. The zero-order chi connectivity index (χ0) is 16.0. The van der Waals surface area contributed by atoms with E-state index in [-0.39, 0.29) is 5.97 Å². The summed E-state index contributed by atoms with van der Waals surface area (Å²) in [7, 11) is 1.47. The van der Waals surface area contributed by atoms with Gasteiger partial charge in [0.1, 0.15) is 0 Å². The molecule has 2 unspecified atom stereocenters. The van der Waals surface area contributed by atoms with E-state index in [4.69, 9.17) is 0 Å². The molecule has 0 amide bonds. The summed E-state index contributed by atoms with van der Waals surface area (Å²) in [5.41, 5.74) is 0. The lowest BCUT2D eigenvalue weighted by Crippen LogP contribution is -1.99. The van der Waals surface area contributed by atoms with Crippen LogP contribution in [0.5, 0.6) is 0 Å². The number of rotatable bonds is 15. The van der Waals surface area contributed by atoms with E-state index >= 15 is 0 Å². The largest absolute Gasteiger partial charge is 0.469 e. The maximum absolute atomic E-state index is 11.0. The topological polar surface area (TPSA) is 26.3 Å². The van der Waals surface area contributed by atoms with Gasteiger partial charge in [0.2, 0.25) is 0 Å². The van der Waals surface area contributed by atoms with Crippen LogP contribution in [0.15, 0.2) is 0 Å². The maximum atomic E-state index is 11.0. The number of methoxy groups -OCH3 is 1. The van der Waals surface area contributed by atoms with Crippen LogP contribution in [-0.2, 0) is 9.53 Å². The third-order valence-electron chi connectivity index (χ3n) is 5.18. The molecule has 2 atom stereocenters. The number of hydrogen-bond acceptors (Lipinski definition) is 2. The summed E-state index contributed by atoms with van der Waals surface area (Å²) < 4.78 is 4.65. The monoisotopic (exact) mass is 310 g/mol. The molecule has 0 aromatic rings. The van der Waals surface area contributed by atoms with E-state index in [1.165, 1.54) is 90.6 Å². The Hall–Kier alpha value is -0.530. The zero-order valence-electron chi connectivity index (χ0n) is 15.1. The van der Waals surface area contributed by atoms with E-state index in [0.29, 0.717) is 6.42 Å². The number of ether oxygens (including phenoxy) is 1. The average Bonchev–Trinajstić information content (AvgIpc) is 3.28. The summed E-state index contributed by atoms with van der Waals surface area (Å²) in [6, 6.07) is 0. The van der Waals surface area contributed by atoms with Crippen molar-refractivity contribution in [3.8, 4) is 0 Å². The van der Waals surface area contributed by atoms with E-state index in [1.54, 1.807) is 0 Å². The smallest absolute Gasteiger partial charge is 0.305 e. The van der Waals surface area contributed by atoms with E-state index in [2.05, 4.69) is 11.7 Å². The van der Waals surface area contributed by atoms with Crippen LogP contribution in [-0.4, -0.2) is 13.1 Å². The van der Waals surface area contributed by atoms with E-state index in [9.17, 15) is 4.79 Å². The molecule has 22 heavy (non-hydrogen) atoms. The summed E-state index contributed by atoms with van der Waals surface area (Å²) in [6.45, 7) is 2.28. The molecule has 1 rings (SSSR count). The quantitative estimate of drug-likeness (QED) is 0.263. The molecule has 0 saturated heterocycles. The SMILES string of the molecule is CCCCCCCCCC1CC1CCCCCCC(=O)OC. The van der Waals surface area contributed by atoms with Crippen molar-refractivity contribution < 1.29 is 9.53 Å². The van der Waals surface area contributed by atoms with Gasteiger partial charge in [-0.15, -0.1) is 0 Å². The van der Waals surface area contributed by atoms with Crippen LogP contribution in [0.1, 0.15) is 103 Å². The molecule has 0 aromatic carbocycles. The molecule has 0 bridgehead atoms. The summed E-state index contributed by atoms with van der Waals surface area (Å²) in [5, 5.41) is 0. The third kappa shape index (κ3) is 10.2. The second-order valence-electron chi connectivity index (χ2n) is 7.19. The molecule has 130 valence electrons. The van der Waals surface area contributed by atoms with Gasteiger partial charge in [0, 0.05) is 6.42 Å². The van der Waals surface area contributed by atoms with Crippen LogP contribution in [0.2, 0.25) is 0 Å². The molecule has 1 aliphatic carbocycles. The second-order valence-corrected chi connectivity index (χ2v) is 7.19. The van der Waals surface area contributed by atoms with Crippen LogP contribution in [0, 0.1) is 11.8 Å². The maximum Gasteiger partial charge on any atom is 0.305 e. The molecule has 2 heteroatoms. The molecule has 1 fully saturated rings. The normalized spacial score (nSPS) is 20.1. The van der Waals surface area contributed by atoms with E-state index in [1.807, 2.05) is 0 Å². The van der Waals surface area contributed by atoms with E-state index in [0.717, 1.165) is 18.3 Å². The van der Waals surface area contributed by atoms with Crippen molar-refractivity contribution in [2.24, 2.45) is 11.8 Å². The lowest BCUT2D eigenvalue weighted by atomic mass is 10.0. The highest BCUT2D eigenvalue weighted by atomic mass is 16.5. The predicted octanol–water partition coefficient (Wildman–Crippen LogP) is 6.28. The van der Waals surface area contributed by atoms with Gasteiger partial charge in [0.05, 0.1) is 7.11 Å². The molecule has 0 aliphatic heterocycles. The molecule has 0 heterocycles. The Morgan fingerprint density at radius 3 is 1.86 bits per heavy atom. The van der Waals surface area contributed by atoms with Gasteiger partial charge in [-0.2, -0.15) is 0 Å². The molecule has 1 aliphatic rings. The first kappa shape index (κ1) is 19.5. The molecular weight excluding hydrogens is 272 g/mol. The van der Waals surface area contributed by atoms with Crippen molar-refractivity contribution in [2.45, 2.75) is 103 Å². The average molecular weight is 311 g/mol. The summed E-state index contributed by atoms with van der Waals surface area (Å²) in [4.78, 5) is 11.0. The number of carbonyl (C=O) groups is 1. The van der Waals surface area contributed by atoms with Crippen LogP contribution in [0.4, 0.5) is 0 Å². The van der Waals surface area contributed by atoms with Gasteiger partial charge in [-0.1, -0.05) is 84.0 Å².